The van der Waals surface area contributed by atoms with Gasteiger partial charge in [-0.1, -0.05) is 6.92 Å². The van der Waals surface area contributed by atoms with E-state index in [0.717, 1.165) is 38.4 Å². The van der Waals surface area contributed by atoms with Gasteiger partial charge < -0.3 is 10.2 Å². The number of aryl methyl sites for hydroxylation is 1. The number of aromatic nitrogens is 2. The summed E-state index contributed by atoms with van der Waals surface area (Å²) in [4.78, 5) is 11.7. The monoisotopic (exact) mass is 288 g/mol. The summed E-state index contributed by atoms with van der Waals surface area (Å²) < 4.78 is 0. The van der Waals surface area contributed by atoms with Crippen molar-refractivity contribution in [2.75, 3.05) is 31.1 Å². The standard InChI is InChI=1S/C17H28N4/c1-2-10-21(12-14-6-5-9-18-11-14)17-15-7-3-4-8-16(15)19-13-20-17/h13-14,18H,2-12H2,1H3. The Labute approximate surface area is 128 Å². The van der Waals surface area contributed by atoms with Crippen LogP contribution in [0.25, 0.3) is 0 Å². The highest BCUT2D eigenvalue weighted by molar-refractivity contribution is 5.49. The minimum Gasteiger partial charge on any atom is -0.356 e. The largest absolute Gasteiger partial charge is 0.356 e. The quantitative estimate of drug-likeness (QED) is 0.904. The summed E-state index contributed by atoms with van der Waals surface area (Å²) in [6, 6.07) is 0. The lowest BCUT2D eigenvalue weighted by Gasteiger charge is -2.32. The molecular formula is C17H28N4. The first-order valence-electron chi connectivity index (χ1n) is 8.67. The number of nitrogens with one attached hydrogen (secondary N) is 1. The van der Waals surface area contributed by atoms with Crippen LogP contribution >= 0.6 is 0 Å². The lowest BCUT2D eigenvalue weighted by atomic mass is 9.95. The van der Waals surface area contributed by atoms with Crippen LogP contribution in [0.1, 0.15) is 50.3 Å². The Balaban J connectivity index is 1.79. The summed E-state index contributed by atoms with van der Waals surface area (Å²) in [7, 11) is 0. The second-order valence-corrected chi connectivity index (χ2v) is 6.49. The predicted molar refractivity (Wildman–Crippen MR) is 86.8 cm³/mol. The van der Waals surface area contributed by atoms with Crippen LogP contribution in [-0.4, -0.2) is 36.1 Å². The summed E-state index contributed by atoms with van der Waals surface area (Å²) in [5.41, 5.74) is 2.73. The minimum atomic E-state index is 0.763. The lowest BCUT2D eigenvalue weighted by molar-refractivity contribution is 0.375. The number of hydrogen-bond acceptors (Lipinski definition) is 4. The fourth-order valence-corrected chi connectivity index (χ4v) is 3.72. The molecule has 1 saturated heterocycles. The molecule has 1 N–H and O–H groups in total. The Morgan fingerprint density at radius 3 is 2.95 bits per heavy atom. The van der Waals surface area contributed by atoms with Crippen LogP contribution in [0, 0.1) is 5.92 Å². The van der Waals surface area contributed by atoms with E-state index in [-0.39, 0.29) is 0 Å². The molecule has 1 atom stereocenters. The average molecular weight is 288 g/mol. The topological polar surface area (TPSA) is 41.0 Å². The summed E-state index contributed by atoms with van der Waals surface area (Å²) >= 11 is 0. The van der Waals surface area contributed by atoms with Crippen LogP contribution in [0.5, 0.6) is 0 Å². The van der Waals surface area contributed by atoms with Crippen molar-refractivity contribution < 1.29 is 0 Å². The van der Waals surface area contributed by atoms with Crippen LogP contribution in [-0.2, 0) is 12.8 Å². The Morgan fingerprint density at radius 1 is 1.24 bits per heavy atom. The highest BCUT2D eigenvalue weighted by atomic mass is 15.2. The zero-order valence-corrected chi connectivity index (χ0v) is 13.3. The number of fused-ring (bicyclic) bond motifs is 1. The highest BCUT2D eigenvalue weighted by Gasteiger charge is 2.22. The molecule has 4 nitrogen and oxygen atoms in total. The van der Waals surface area contributed by atoms with Crippen LogP contribution < -0.4 is 10.2 Å². The normalized spacial score (nSPS) is 21.9. The van der Waals surface area contributed by atoms with E-state index in [2.05, 4.69) is 27.1 Å². The first kappa shape index (κ1) is 14.8. The molecule has 1 unspecified atom stereocenters. The predicted octanol–water partition coefficient (Wildman–Crippen LogP) is 2.57. The van der Waals surface area contributed by atoms with Gasteiger partial charge in [0.05, 0.1) is 0 Å². The van der Waals surface area contributed by atoms with Crippen LogP contribution in [0.3, 0.4) is 0 Å². The number of nitrogens with zero attached hydrogens (tertiary/aromatic N) is 3. The van der Waals surface area contributed by atoms with E-state index < -0.39 is 0 Å². The van der Waals surface area contributed by atoms with Crippen molar-refractivity contribution in [1.29, 1.82) is 0 Å². The van der Waals surface area contributed by atoms with Gasteiger partial charge in [-0.05, 0) is 64.0 Å². The maximum Gasteiger partial charge on any atom is 0.135 e. The second kappa shape index (κ2) is 7.21. The molecule has 1 aromatic rings. The van der Waals surface area contributed by atoms with E-state index in [1.165, 1.54) is 55.7 Å². The first-order valence-corrected chi connectivity index (χ1v) is 8.67. The number of piperidine rings is 1. The van der Waals surface area contributed by atoms with Gasteiger partial charge in [-0.2, -0.15) is 0 Å². The molecule has 0 saturated carbocycles. The smallest absolute Gasteiger partial charge is 0.135 e. The molecule has 3 rings (SSSR count). The molecule has 21 heavy (non-hydrogen) atoms. The Kier molecular flexibility index (Phi) is 5.07. The average Bonchev–Trinajstić information content (AvgIpc) is 2.55. The minimum absolute atomic E-state index is 0.763. The van der Waals surface area contributed by atoms with Gasteiger partial charge in [0.15, 0.2) is 0 Å². The van der Waals surface area contributed by atoms with E-state index in [1.807, 2.05) is 0 Å². The van der Waals surface area contributed by atoms with Crippen LogP contribution in [0.4, 0.5) is 5.82 Å². The van der Waals surface area contributed by atoms with Crippen molar-refractivity contribution in [3.8, 4) is 0 Å². The number of anilines is 1. The number of hydrogen-bond donors (Lipinski definition) is 1. The van der Waals surface area contributed by atoms with Gasteiger partial charge in [0.25, 0.3) is 0 Å². The van der Waals surface area contributed by atoms with Gasteiger partial charge in [-0.15, -0.1) is 0 Å². The van der Waals surface area contributed by atoms with E-state index in [9.17, 15) is 0 Å². The van der Waals surface area contributed by atoms with Crippen molar-refractivity contribution in [2.45, 2.75) is 51.9 Å². The van der Waals surface area contributed by atoms with Crippen molar-refractivity contribution in [3.63, 3.8) is 0 Å². The van der Waals surface area contributed by atoms with Crippen molar-refractivity contribution in [1.82, 2.24) is 15.3 Å². The molecule has 4 heteroatoms. The molecule has 1 aliphatic heterocycles. The van der Waals surface area contributed by atoms with E-state index in [0.29, 0.717) is 0 Å². The molecule has 0 radical (unpaired) electrons. The first-order chi connectivity index (χ1) is 10.4. The van der Waals surface area contributed by atoms with Gasteiger partial charge in [0.2, 0.25) is 0 Å². The van der Waals surface area contributed by atoms with E-state index in [1.54, 1.807) is 6.33 Å². The molecule has 0 spiro atoms. The third kappa shape index (κ3) is 3.54. The van der Waals surface area contributed by atoms with Crippen molar-refractivity contribution in [2.24, 2.45) is 5.92 Å². The van der Waals surface area contributed by atoms with Gasteiger partial charge in [-0.3, -0.25) is 0 Å². The fourth-order valence-electron chi connectivity index (χ4n) is 3.72. The molecule has 1 fully saturated rings. The zero-order valence-electron chi connectivity index (χ0n) is 13.3. The molecule has 1 aromatic heterocycles. The Hall–Kier alpha value is -1.16. The van der Waals surface area contributed by atoms with E-state index in [4.69, 9.17) is 0 Å². The third-order valence-electron chi connectivity index (χ3n) is 4.77. The molecule has 116 valence electrons. The third-order valence-corrected chi connectivity index (χ3v) is 4.77. The second-order valence-electron chi connectivity index (χ2n) is 6.49. The lowest BCUT2D eigenvalue weighted by Crippen LogP contribution is -2.39. The van der Waals surface area contributed by atoms with Gasteiger partial charge >= 0.3 is 0 Å². The summed E-state index contributed by atoms with van der Waals surface area (Å²) in [6.45, 7) is 6.87. The highest BCUT2D eigenvalue weighted by Crippen LogP contribution is 2.28. The van der Waals surface area contributed by atoms with Gasteiger partial charge in [0, 0.05) is 24.3 Å². The Bertz CT molecular complexity index is 454. The zero-order chi connectivity index (χ0) is 14.5. The van der Waals surface area contributed by atoms with E-state index >= 15 is 0 Å². The maximum absolute atomic E-state index is 4.67. The molecule has 0 aromatic carbocycles. The summed E-state index contributed by atoms with van der Waals surface area (Å²) in [6.07, 6.45) is 10.5. The molecule has 0 amide bonds. The summed E-state index contributed by atoms with van der Waals surface area (Å²) in [5, 5.41) is 3.54. The molecular weight excluding hydrogens is 260 g/mol. The molecule has 2 aliphatic rings. The van der Waals surface area contributed by atoms with Crippen molar-refractivity contribution >= 4 is 5.82 Å². The maximum atomic E-state index is 4.67. The van der Waals surface area contributed by atoms with Gasteiger partial charge in [0.1, 0.15) is 12.1 Å². The molecule has 1 aliphatic carbocycles. The summed E-state index contributed by atoms with van der Waals surface area (Å²) in [5.74, 6) is 1.99. The van der Waals surface area contributed by atoms with Gasteiger partial charge in [-0.25, -0.2) is 9.97 Å². The van der Waals surface area contributed by atoms with Crippen LogP contribution in [0.15, 0.2) is 6.33 Å². The molecule has 0 bridgehead atoms. The number of rotatable bonds is 5. The Morgan fingerprint density at radius 2 is 2.14 bits per heavy atom. The molecule has 2 heterocycles. The van der Waals surface area contributed by atoms with Crippen LogP contribution in [0.2, 0.25) is 0 Å². The SMILES string of the molecule is CCCN(CC1CCCNC1)c1ncnc2c1CCCC2. The fraction of sp³-hybridized carbons (Fsp3) is 0.765. The van der Waals surface area contributed by atoms with Crippen molar-refractivity contribution in [3.05, 3.63) is 17.6 Å².